The molecule has 0 fully saturated rings. The summed E-state index contributed by atoms with van der Waals surface area (Å²) in [6, 6.07) is 0. The first-order chi connectivity index (χ1) is 4.33. The average molecular weight is 169 g/mol. The van der Waals surface area contributed by atoms with Crippen LogP contribution in [0, 0.1) is 0 Å². The first-order valence-electron chi connectivity index (χ1n) is 3.47. The standard InChI is InChI=1S/C5H11Cl.C2H7P/c1-2-3-4-5-6;1-3-2/h2-5H2,1H3;3H,1-2H3. The molecule has 0 spiro atoms. The Balaban J connectivity index is 0. The maximum absolute atomic E-state index is 5.38. The average Bonchev–Trinajstić information content (AvgIpc) is 1.86. The molecule has 9 heavy (non-hydrogen) atoms. The number of rotatable bonds is 3. The topological polar surface area (TPSA) is 0 Å². The minimum absolute atomic E-state index is 0.827. The third-order valence-corrected chi connectivity index (χ3v) is 1.00. The molecule has 0 heterocycles. The fourth-order valence-corrected chi connectivity index (χ4v) is 0.533. The van der Waals surface area contributed by atoms with Gasteiger partial charge in [0.15, 0.2) is 0 Å². The zero-order chi connectivity index (χ0) is 7.54. The van der Waals surface area contributed by atoms with Crippen molar-refractivity contribution in [2.24, 2.45) is 0 Å². The first-order valence-corrected chi connectivity index (χ1v) is 6.01. The van der Waals surface area contributed by atoms with Crippen LogP contribution >= 0.6 is 20.2 Å². The molecule has 0 aromatic heterocycles. The van der Waals surface area contributed by atoms with Gasteiger partial charge in [0, 0.05) is 5.88 Å². The molecule has 58 valence electrons. The predicted octanol–water partition coefficient (Wildman–Crippen LogP) is 3.34. The molecule has 0 aliphatic carbocycles. The van der Waals surface area contributed by atoms with Gasteiger partial charge in [0.25, 0.3) is 0 Å². The highest BCUT2D eigenvalue weighted by Crippen LogP contribution is 1.93. The van der Waals surface area contributed by atoms with Gasteiger partial charge in [-0.25, -0.2) is 0 Å². The van der Waals surface area contributed by atoms with Gasteiger partial charge in [0.2, 0.25) is 0 Å². The number of hydrogen-bond acceptors (Lipinski definition) is 0. The molecule has 0 radical (unpaired) electrons. The molecule has 0 aliphatic rings. The molecule has 0 aromatic carbocycles. The van der Waals surface area contributed by atoms with Gasteiger partial charge >= 0.3 is 0 Å². The number of hydrogen-bond donors (Lipinski definition) is 0. The van der Waals surface area contributed by atoms with Crippen LogP contribution in [0.5, 0.6) is 0 Å². The Bertz CT molecular complexity index is 28.1. The van der Waals surface area contributed by atoms with Gasteiger partial charge in [0.05, 0.1) is 0 Å². The second kappa shape index (κ2) is 15.9. The predicted molar refractivity (Wildman–Crippen MR) is 50.4 cm³/mol. The van der Waals surface area contributed by atoms with E-state index >= 15 is 0 Å². The zero-order valence-electron chi connectivity index (χ0n) is 6.71. The third kappa shape index (κ3) is 28.5. The van der Waals surface area contributed by atoms with E-state index in [0.29, 0.717) is 0 Å². The van der Waals surface area contributed by atoms with Crippen LogP contribution in [0.15, 0.2) is 0 Å². The number of unbranched alkanes of at least 4 members (excludes halogenated alkanes) is 2. The van der Waals surface area contributed by atoms with E-state index in [0.717, 1.165) is 14.5 Å². The summed E-state index contributed by atoms with van der Waals surface area (Å²) in [5.74, 6) is 0.827. The summed E-state index contributed by atoms with van der Waals surface area (Å²) >= 11 is 5.38. The minimum Gasteiger partial charge on any atom is -0.129 e. The van der Waals surface area contributed by atoms with E-state index in [-0.39, 0.29) is 0 Å². The second-order valence-electron chi connectivity index (χ2n) is 1.90. The van der Waals surface area contributed by atoms with E-state index < -0.39 is 0 Å². The van der Waals surface area contributed by atoms with Crippen LogP contribution in [0.4, 0.5) is 0 Å². The minimum atomic E-state index is 0.827. The molecular formula is C7H18ClP. The molecule has 0 amide bonds. The van der Waals surface area contributed by atoms with Gasteiger partial charge in [-0.3, -0.25) is 0 Å². The highest BCUT2D eigenvalue weighted by Gasteiger charge is 1.76. The molecule has 0 aromatic rings. The quantitative estimate of drug-likeness (QED) is 0.345. The highest BCUT2D eigenvalue weighted by atomic mass is 35.5. The largest absolute Gasteiger partial charge is 0.129 e. The fraction of sp³-hybridized carbons (Fsp3) is 1.00. The zero-order valence-corrected chi connectivity index (χ0v) is 8.46. The number of alkyl halides is 1. The molecule has 0 nitrogen and oxygen atoms in total. The Morgan fingerprint density at radius 1 is 1.22 bits per heavy atom. The SMILES string of the molecule is CCCCCCl.CPC. The molecule has 0 atom stereocenters. The Morgan fingerprint density at radius 3 is 1.78 bits per heavy atom. The monoisotopic (exact) mass is 168 g/mol. The van der Waals surface area contributed by atoms with E-state index in [1.54, 1.807) is 0 Å². The Hall–Kier alpha value is 0.720. The molecule has 0 rings (SSSR count). The lowest BCUT2D eigenvalue weighted by Gasteiger charge is -1.84. The van der Waals surface area contributed by atoms with Crippen molar-refractivity contribution in [3.63, 3.8) is 0 Å². The smallest absolute Gasteiger partial charge is 0.0223 e. The normalized spacial score (nSPS) is 8.00. The van der Waals surface area contributed by atoms with E-state index in [4.69, 9.17) is 11.6 Å². The van der Waals surface area contributed by atoms with Gasteiger partial charge < -0.3 is 0 Å². The summed E-state index contributed by atoms with van der Waals surface area (Å²) in [5, 5.41) is 0. The Kier molecular flexibility index (Phi) is 21.9. The van der Waals surface area contributed by atoms with Crippen LogP contribution in [-0.4, -0.2) is 19.2 Å². The lowest BCUT2D eigenvalue weighted by molar-refractivity contribution is 0.776. The van der Waals surface area contributed by atoms with E-state index in [1.807, 2.05) is 0 Å². The van der Waals surface area contributed by atoms with Crippen molar-refractivity contribution in [2.75, 3.05) is 19.2 Å². The van der Waals surface area contributed by atoms with Crippen molar-refractivity contribution in [1.29, 1.82) is 0 Å². The molecular weight excluding hydrogens is 151 g/mol. The summed E-state index contributed by atoms with van der Waals surface area (Å²) in [6.45, 7) is 6.48. The Labute approximate surface area is 66.2 Å². The van der Waals surface area contributed by atoms with Gasteiger partial charge in [0.1, 0.15) is 0 Å². The van der Waals surface area contributed by atoms with Crippen molar-refractivity contribution in [2.45, 2.75) is 26.2 Å². The van der Waals surface area contributed by atoms with Crippen molar-refractivity contribution in [3.05, 3.63) is 0 Å². The van der Waals surface area contributed by atoms with Crippen molar-refractivity contribution < 1.29 is 0 Å². The van der Waals surface area contributed by atoms with Gasteiger partial charge in [-0.2, -0.15) is 0 Å². The van der Waals surface area contributed by atoms with E-state index in [2.05, 4.69) is 20.3 Å². The molecule has 0 saturated heterocycles. The van der Waals surface area contributed by atoms with Crippen molar-refractivity contribution >= 4 is 20.2 Å². The fourth-order valence-electron chi connectivity index (χ4n) is 0.344. The van der Waals surface area contributed by atoms with Crippen LogP contribution < -0.4 is 0 Å². The lowest BCUT2D eigenvalue weighted by Crippen LogP contribution is -1.70. The third-order valence-electron chi connectivity index (χ3n) is 0.737. The molecule has 0 unspecified atom stereocenters. The maximum Gasteiger partial charge on any atom is 0.0223 e. The summed E-state index contributed by atoms with van der Waals surface area (Å²) in [5.41, 5.74) is 0. The molecule has 2 heteroatoms. The van der Waals surface area contributed by atoms with Gasteiger partial charge in [-0.05, 0) is 19.8 Å². The van der Waals surface area contributed by atoms with E-state index in [1.165, 1.54) is 19.3 Å². The number of halogens is 1. The van der Waals surface area contributed by atoms with Gasteiger partial charge in [-0.1, -0.05) is 19.8 Å². The van der Waals surface area contributed by atoms with Crippen molar-refractivity contribution in [1.82, 2.24) is 0 Å². The van der Waals surface area contributed by atoms with Crippen LogP contribution in [0.2, 0.25) is 0 Å². The summed E-state index contributed by atoms with van der Waals surface area (Å²) in [7, 11) is 1.08. The maximum atomic E-state index is 5.38. The van der Waals surface area contributed by atoms with Crippen LogP contribution in [0.1, 0.15) is 26.2 Å². The van der Waals surface area contributed by atoms with Crippen LogP contribution in [-0.2, 0) is 0 Å². The van der Waals surface area contributed by atoms with Crippen LogP contribution in [0.3, 0.4) is 0 Å². The second-order valence-corrected chi connectivity index (χ2v) is 3.27. The summed E-state index contributed by atoms with van der Waals surface area (Å²) < 4.78 is 0. The first kappa shape index (κ1) is 12.4. The van der Waals surface area contributed by atoms with E-state index in [9.17, 15) is 0 Å². The highest BCUT2D eigenvalue weighted by molar-refractivity contribution is 7.35. The van der Waals surface area contributed by atoms with Crippen molar-refractivity contribution in [3.8, 4) is 0 Å². The molecule has 0 saturated carbocycles. The lowest BCUT2D eigenvalue weighted by atomic mass is 10.3. The molecule has 0 N–H and O–H groups in total. The van der Waals surface area contributed by atoms with Crippen LogP contribution in [0.25, 0.3) is 0 Å². The Morgan fingerprint density at radius 2 is 1.67 bits per heavy atom. The molecule has 0 aliphatic heterocycles. The molecule has 0 bridgehead atoms. The summed E-state index contributed by atoms with van der Waals surface area (Å²) in [4.78, 5) is 0. The summed E-state index contributed by atoms with van der Waals surface area (Å²) in [6.07, 6.45) is 3.73. The van der Waals surface area contributed by atoms with Gasteiger partial charge in [-0.15, -0.1) is 20.2 Å².